The van der Waals surface area contributed by atoms with Gasteiger partial charge in [-0.25, -0.2) is 0 Å². The number of aryl methyl sites for hydroxylation is 3. The van der Waals surface area contributed by atoms with Gasteiger partial charge in [0.1, 0.15) is 4.83 Å². The number of carbonyl (C=O) groups excluding carboxylic acids is 1. The standard InChI is InChI=1S/C20H20ClN5O2S/c1-12-15-10-17(19(27)22-9-5-8-18-23-13(2)25-28-18)29-20(15)26(24-12)11-14-6-3-4-7-16(14)21/h3-4,6-7,10H,5,8-9,11H2,1-2H3,(H,22,27). The summed E-state index contributed by atoms with van der Waals surface area (Å²) in [6, 6.07) is 9.62. The zero-order valence-corrected chi connectivity index (χ0v) is 17.7. The number of nitrogens with zero attached hydrogens (tertiary/aromatic N) is 4. The Kier molecular flexibility index (Phi) is 5.64. The lowest BCUT2D eigenvalue weighted by molar-refractivity contribution is 0.0957. The minimum atomic E-state index is -0.0865. The number of aromatic nitrogens is 4. The van der Waals surface area contributed by atoms with Crippen molar-refractivity contribution in [3.05, 3.63) is 63.2 Å². The van der Waals surface area contributed by atoms with E-state index in [1.165, 1.54) is 11.3 Å². The van der Waals surface area contributed by atoms with Crippen LogP contribution < -0.4 is 5.32 Å². The fourth-order valence-electron chi connectivity index (χ4n) is 3.09. The molecule has 0 saturated carbocycles. The second-order valence-electron chi connectivity index (χ2n) is 6.76. The van der Waals surface area contributed by atoms with E-state index in [1.54, 1.807) is 6.92 Å². The Bertz CT molecular complexity index is 1160. The summed E-state index contributed by atoms with van der Waals surface area (Å²) >= 11 is 7.73. The molecule has 0 saturated heterocycles. The van der Waals surface area contributed by atoms with Crippen molar-refractivity contribution in [3.63, 3.8) is 0 Å². The molecule has 0 bridgehead atoms. The van der Waals surface area contributed by atoms with Gasteiger partial charge in [0.2, 0.25) is 5.89 Å². The molecule has 0 aliphatic carbocycles. The summed E-state index contributed by atoms with van der Waals surface area (Å²) in [4.78, 5) is 18.4. The molecule has 4 aromatic rings. The minimum Gasteiger partial charge on any atom is -0.351 e. The number of hydrogen-bond acceptors (Lipinski definition) is 6. The quantitative estimate of drug-likeness (QED) is 0.446. The maximum Gasteiger partial charge on any atom is 0.261 e. The maximum atomic E-state index is 12.6. The fraction of sp³-hybridized carbons (Fsp3) is 0.300. The molecule has 0 radical (unpaired) electrons. The van der Waals surface area contributed by atoms with Crippen molar-refractivity contribution in [2.24, 2.45) is 0 Å². The zero-order valence-electron chi connectivity index (χ0n) is 16.1. The second kappa shape index (κ2) is 8.34. The summed E-state index contributed by atoms with van der Waals surface area (Å²) in [5.74, 6) is 1.13. The van der Waals surface area contributed by atoms with E-state index >= 15 is 0 Å². The number of halogens is 1. The van der Waals surface area contributed by atoms with Gasteiger partial charge in [-0.3, -0.25) is 9.48 Å². The summed E-state index contributed by atoms with van der Waals surface area (Å²) in [5, 5.41) is 13.0. The molecule has 4 rings (SSSR count). The monoisotopic (exact) mass is 429 g/mol. The molecule has 3 aromatic heterocycles. The minimum absolute atomic E-state index is 0.0865. The van der Waals surface area contributed by atoms with E-state index in [1.807, 2.05) is 41.9 Å². The molecule has 1 aromatic carbocycles. The molecule has 0 aliphatic rings. The normalized spacial score (nSPS) is 11.3. The molecule has 9 heteroatoms. The van der Waals surface area contributed by atoms with Gasteiger partial charge in [0, 0.05) is 23.4 Å². The Morgan fingerprint density at radius 1 is 1.31 bits per heavy atom. The van der Waals surface area contributed by atoms with Gasteiger partial charge in [-0.2, -0.15) is 10.1 Å². The van der Waals surface area contributed by atoms with Crippen molar-refractivity contribution >= 4 is 39.1 Å². The maximum absolute atomic E-state index is 12.6. The number of amides is 1. The molecule has 0 spiro atoms. The van der Waals surface area contributed by atoms with Crippen LogP contribution in [0.3, 0.4) is 0 Å². The van der Waals surface area contributed by atoms with Crippen LogP contribution in [0.5, 0.6) is 0 Å². The first-order chi connectivity index (χ1) is 14.0. The van der Waals surface area contributed by atoms with Crippen LogP contribution in [0.15, 0.2) is 34.9 Å². The molecular formula is C20H20ClN5O2S. The van der Waals surface area contributed by atoms with Crippen LogP contribution in [0.1, 0.15) is 39.1 Å². The van der Waals surface area contributed by atoms with Crippen LogP contribution in [0, 0.1) is 13.8 Å². The molecule has 3 heterocycles. The number of benzene rings is 1. The molecular weight excluding hydrogens is 410 g/mol. The Labute approximate surface area is 176 Å². The smallest absolute Gasteiger partial charge is 0.261 e. The molecule has 0 fully saturated rings. The van der Waals surface area contributed by atoms with Crippen LogP contribution in [0.4, 0.5) is 0 Å². The highest BCUT2D eigenvalue weighted by Crippen LogP contribution is 2.29. The number of hydrogen-bond donors (Lipinski definition) is 1. The lowest BCUT2D eigenvalue weighted by atomic mass is 10.2. The number of rotatable bonds is 7. The Hall–Kier alpha value is -2.71. The van der Waals surface area contributed by atoms with Crippen molar-refractivity contribution in [2.75, 3.05) is 6.54 Å². The Morgan fingerprint density at radius 3 is 2.90 bits per heavy atom. The van der Waals surface area contributed by atoms with Gasteiger partial charge in [0.15, 0.2) is 5.82 Å². The van der Waals surface area contributed by atoms with Crippen molar-refractivity contribution in [1.82, 2.24) is 25.2 Å². The Morgan fingerprint density at radius 2 is 2.14 bits per heavy atom. The molecule has 29 heavy (non-hydrogen) atoms. The van der Waals surface area contributed by atoms with E-state index in [2.05, 4.69) is 20.6 Å². The third-order valence-electron chi connectivity index (χ3n) is 4.53. The van der Waals surface area contributed by atoms with Crippen LogP contribution in [0.25, 0.3) is 10.2 Å². The predicted molar refractivity (Wildman–Crippen MR) is 113 cm³/mol. The fourth-order valence-corrected chi connectivity index (χ4v) is 4.36. The lowest BCUT2D eigenvalue weighted by Crippen LogP contribution is -2.23. The van der Waals surface area contributed by atoms with Crippen LogP contribution >= 0.6 is 22.9 Å². The van der Waals surface area contributed by atoms with Crippen LogP contribution in [0.2, 0.25) is 5.02 Å². The van der Waals surface area contributed by atoms with E-state index in [0.717, 1.165) is 27.9 Å². The average Bonchev–Trinajstić information content (AvgIpc) is 3.38. The van der Waals surface area contributed by atoms with Gasteiger partial charge in [0.05, 0.1) is 17.1 Å². The summed E-state index contributed by atoms with van der Waals surface area (Å²) in [6.07, 6.45) is 1.37. The summed E-state index contributed by atoms with van der Waals surface area (Å²) in [5.41, 5.74) is 1.89. The Balaban J connectivity index is 1.43. The summed E-state index contributed by atoms with van der Waals surface area (Å²) in [7, 11) is 0. The second-order valence-corrected chi connectivity index (χ2v) is 8.20. The van der Waals surface area contributed by atoms with Crippen molar-refractivity contribution in [3.8, 4) is 0 Å². The molecule has 7 nitrogen and oxygen atoms in total. The van der Waals surface area contributed by atoms with Gasteiger partial charge < -0.3 is 9.84 Å². The van der Waals surface area contributed by atoms with E-state index in [-0.39, 0.29) is 5.91 Å². The van der Waals surface area contributed by atoms with Crippen LogP contribution in [-0.2, 0) is 13.0 Å². The number of fused-ring (bicyclic) bond motifs is 1. The topological polar surface area (TPSA) is 85.8 Å². The summed E-state index contributed by atoms with van der Waals surface area (Å²) in [6.45, 7) is 4.84. The largest absolute Gasteiger partial charge is 0.351 e. The van der Waals surface area contributed by atoms with Crippen molar-refractivity contribution < 1.29 is 9.32 Å². The molecule has 0 aliphatic heterocycles. The van der Waals surface area contributed by atoms with E-state index in [0.29, 0.717) is 41.1 Å². The first kappa shape index (κ1) is 19.6. The molecule has 150 valence electrons. The van der Waals surface area contributed by atoms with Gasteiger partial charge in [0.25, 0.3) is 5.91 Å². The van der Waals surface area contributed by atoms with E-state index < -0.39 is 0 Å². The molecule has 1 amide bonds. The first-order valence-corrected chi connectivity index (χ1v) is 10.5. The lowest BCUT2D eigenvalue weighted by Gasteiger charge is -2.05. The SMILES string of the molecule is Cc1noc(CCCNC(=O)c2cc3c(C)nn(Cc4ccccc4Cl)c3s2)n1. The van der Waals surface area contributed by atoms with Gasteiger partial charge in [-0.15, -0.1) is 11.3 Å². The van der Waals surface area contributed by atoms with Crippen molar-refractivity contribution in [1.29, 1.82) is 0 Å². The first-order valence-electron chi connectivity index (χ1n) is 9.29. The van der Waals surface area contributed by atoms with Crippen LogP contribution in [-0.4, -0.2) is 32.4 Å². The zero-order chi connectivity index (χ0) is 20.4. The molecule has 0 atom stereocenters. The predicted octanol–water partition coefficient (Wildman–Crippen LogP) is 4.16. The van der Waals surface area contributed by atoms with E-state index in [4.69, 9.17) is 16.1 Å². The van der Waals surface area contributed by atoms with Gasteiger partial charge in [-0.05, 0) is 38.0 Å². The third-order valence-corrected chi connectivity index (χ3v) is 6.05. The van der Waals surface area contributed by atoms with Gasteiger partial charge >= 0.3 is 0 Å². The average molecular weight is 430 g/mol. The highest BCUT2D eigenvalue weighted by molar-refractivity contribution is 7.20. The third kappa shape index (κ3) is 4.33. The van der Waals surface area contributed by atoms with Gasteiger partial charge in [-0.1, -0.05) is 35.0 Å². The number of nitrogens with one attached hydrogen (secondary N) is 1. The van der Waals surface area contributed by atoms with Crippen molar-refractivity contribution in [2.45, 2.75) is 33.2 Å². The molecule has 0 unspecified atom stereocenters. The highest BCUT2D eigenvalue weighted by atomic mass is 35.5. The molecule has 1 N–H and O–H groups in total. The summed E-state index contributed by atoms with van der Waals surface area (Å²) < 4.78 is 6.99. The highest BCUT2D eigenvalue weighted by Gasteiger charge is 2.17. The van der Waals surface area contributed by atoms with E-state index in [9.17, 15) is 4.79 Å². The number of carbonyl (C=O) groups is 1. The number of thiophene rings is 1.